The zero-order chi connectivity index (χ0) is 25.4. The van der Waals surface area contributed by atoms with Gasteiger partial charge in [-0.2, -0.15) is 0 Å². The molecule has 0 saturated carbocycles. The van der Waals surface area contributed by atoms with Crippen molar-refractivity contribution in [2.75, 3.05) is 23.3 Å². The number of hydrogen-bond donors (Lipinski definition) is 2. The zero-order valence-corrected chi connectivity index (χ0v) is 20.6. The fourth-order valence-electron chi connectivity index (χ4n) is 5.08. The number of benzene rings is 1. The van der Waals surface area contributed by atoms with Crippen molar-refractivity contribution in [1.29, 1.82) is 0 Å². The van der Waals surface area contributed by atoms with E-state index in [2.05, 4.69) is 15.2 Å². The van der Waals surface area contributed by atoms with E-state index in [0.717, 1.165) is 30.6 Å². The van der Waals surface area contributed by atoms with Gasteiger partial charge in [-0.3, -0.25) is 14.2 Å². The number of aromatic carboxylic acids is 1. The van der Waals surface area contributed by atoms with Crippen LogP contribution in [0.4, 0.5) is 11.5 Å². The molecule has 0 amide bonds. The van der Waals surface area contributed by atoms with Crippen LogP contribution in [0.3, 0.4) is 0 Å². The van der Waals surface area contributed by atoms with E-state index in [0.29, 0.717) is 28.6 Å². The van der Waals surface area contributed by atoms with Crippen molar-refractivity contribution < 1.29 is 9.90 Å². The van der Waals surface area contributed by atoms with Crippen LogP contribution in [0, 0.1) is 13.8 Å². The molecule has 1 aliphatic heterocycles. The number of rotatable bonds is 6. The van der Waals surface area contributed by atoms with Crippen molar-refractivity contribution in [2.45, 2.75) is 39.2 Å². The minimum atomic E-state index is -0.996. The zero-order valence-electron chi connectivity index (χ0n) is 20.6. The van der Waals surface area contributed by atoms with Gasteiger partial charge in [0.2, 0.25) is 0 Å². The lowest BCUT2D eigenvalue weighted by molar-refractivity contribution is 0.0698. The smallest absolute Gasteiger partial charge is 0.337 e. The number of nitrogens with one attached hydrogen (secondary N) is 1. The van der Waals surface area contributed by atoms with Gasteiger partial charge in [0.05, 0.1) is 17.2 Å². The van der Waals surface area contributed by atoms with Gasteiger partial charge >= 0.3 is 5.97 Å². The van der Waals surface area contributed by atoms with Crippen molar-refractivity contribution in [1.82, 2.24) is 14.4 Å². The third kappa shape index (κ3) is 4.30. The second-order valence-electron chi connectivity index (χ2n) is 9.46. The molecule has 1 aromatic carbocycles. The Morgan fingerprint density at radius 3 is 2.67 bits per heavy atom. The van der Waals surface area contributed by atoms with Gasteiger partial charge in [-0.15, -0.1) is 0 Å². The summed E-state index contributed by atoms with van der Waals surface area (Å²) in [5.74, 6) is 0.0717. The normalized spacial score (nSPS) is 16.3. The summed E-state index contributed by atoms with van der Waals surface area (Å²) in [6, 6.07) is 12.6. The quantitative estimate of drug-likeness (QED) is 0.414. The second-order valence-corrected chi connectivity index (χ2v) is 9.46. The number of aromatic nitrogens is 3. The fraction of sp³-hybridized carbons (Fsp3) is 0.286. The monoisotopic (exact) mass is 483 g/mol. The van der Waals surface area contributed by atoms with Crippen LogP contribution in [0.5, 0.6) is 0 Å². The predicted octanol–water partition coefficient (Wildman–Crippen LogP) is 4.57. The fourth-order valence-corrected chi connectivity index (χ4v) is 5.08. The Morgan fingerprint density at radius 1 is 1.17 bits per heavy atom. The van der Waals surface area contributed by atoms with Crippen LogP contribution < -0.4 is 15.8 Å². The molecule has 0 spiro atoms. The number of carbonyl (C=O) groups is 1. The Kier molecular flexibility index (Phi) is 6.18. The molecule has 4 aromatic rings. The van der Waals surface area contributed by atoms with Crippen LogP contribution in [-0.2, 0) is 0 Å². The lowest BCUT2D eigenvalue weighted by atomic mass is 10.00. The molecule has 2 N–H and O–H groups in total. The maximum absolute atomic E-state index is 13.5. The lowest BCUT2D eigenvalue weighted by Crippen LogP contribution is -2.28. The number of pyridine rings is 2. The van der Waals surface area contributed by atoms with E-state index in [1.54, 1.807) is 28.7 Å². The largest absolute Gasteiger partial charge is 0.478 e. The van der Waals surface area contributed by atoms with Gasteiger partial charge in [-0.05, 0) is 68.7 Å². The summed E-state index contributed by atoms with van der Waals surface area (Å²) < 4.78 is 1.61. The van der Waals surface area contributed by atoms with Crippen LogP contribution in [0.15, 0.2) is 65.8 Å². The number of carboxylic acids is 1. The first-order chi connectivity index (χ1) is 17.3. The van der Waals surface area contributed by atoms with Gasteiger partial charge in [-0.25, -0.2) is 9.78 Å². The maximum Gasteiger partial charge on any atom is 0.337 e. The van der Waals surface area contributed by atoms with Crippen molar-refractivity contribution in [3.05, 3.63) is 99.2 Å². The van der Waals surface area contributed by atoms with Crippen molar-refractivity contribution >= 4 is 23.1 Å². The first-order valence-electron chi connectivity index (χ1n) is 12.1. The molecule has 5 rings (SSSR count). The van der Waals surface area contributed by atoms with E-state index in [1.165, 1.54) is 5.56 Å². The van der Waals surface area contributed by atoms with Crippen LogP contribution >= 0.6 is 0 Å². The number of hydrogen-bond acceptors (Lipinski definition) is 6. The molecule has 0 radical (unpaired) electrons. The Hall–Kier alpha value is -4.20. The Labute approximate surface area is 209 Å². The van der Waals surface area contributed by atoms with Crippen molar-refractivity contribution in [3.63, 3.8) is 0 Å². The van der Waals surface area contributed by atoms with E-state index in [1.807, 2.05) is 57.6 Å². The molecule has 3 aromatic heterocycles. The molecule has 1 aliphatic rings. The first kappa shape index (κ1) is 23.5. The SMILES string of the molecule is Cc1cc([C@@H](C)Nc2ccccc2C(=O)O)c2nc(N3CCC(c4ccncc4)C3)c(C)c(=O)n2c1. The molecular formula is C28H29N5O3. The third-order valence-electron chi connectivity index (χ3n) is 6.95. The number of nitrogens with zero attached hydrogens (tertiary/aromatic N) is 4. The topological polar surface area (TPSA) is 99.8 Å². The van der Waals surface area contributed by atoms with Gasteiger partial charge in [-0.1, -0.05) is 12.1 Å². The van der Waals surface area contributed by atoms with Gasteiger partial charge < -0.3 is 15.3 Å². The summed E-state index contributed by atoms with van der Waals surface area (Å²) in [6.07, 6.45) is 6.42. The number of carboxylic acid groups (broad SMARTS) is 1. The number of fused-ring (bicyclic) bond motifs is 1. The summed E-state index contributed by atoms with van der Waals surface area (Å²) in [7, 11) is 0. The minimum absolute atomic E-state index is 0.0922. The van der Waals surface area contributed by atoms with Gasteiger partial charge in [0.1, 0.15) is 11.5 Å². The Bertz CT molecular complexity index is 1500. The van der Waals surface area contributed by atoms with Crippen LogP contribution in [0.1, 0.15) is 57.9 Å². The van der Waals surface area contributed by atoms with Crippen LogP contribution in [0.2, 0.25) is 0 Å². The summed E-state index contributed by atoms with van der Waals surface area (Å²) in [5.41, 5.74) is 4.82. The molecule has 0 aliphatic carbocycles. The molecule has 0 bridgehead atoms. The molecule has 184 valence electrons. The highest BCUT2D eigenvalue weighted by Crippen LogP contribution is 2.32. The number of anilines is 2. The van der Waals surface area contributed by atoms with Crippen molar-refractivity contribution in [2.24, 2.45) is 0 Å². The first-order valence-corrected chi connectivity index (χ1v) is 12.1. The molecule has 4 heterocycles. The molecule has 1 fully saturated rings. The van der Waals surface area contributed by atoms with Crippen LogP contribution in [0.25, 0.3) is 5.65 Å². The van der Waals surface area contributed by atoms with E-state index in [9.17, 15) is 14.7 Å². The van der Waals surface area contributed by atoms with Gasteiger partial charge in [0.15, 0.2) is 0 Å². The molecule has 1 saturated heterocycles. The molecule has 1 unspecified atom stereocenters. The van der Waals surface area contributed by atoms with Gasteiger partial charge in [0, 0.05) is 48.8 Å². The Morgan fingerprint density at radius 2 is 1.92 bits per heavy atom. The van der Waals surface area contributed by atoms with E-state index < -0.39 is 5.97 Å². The average molecular weight is 484 g/mol. The molecule has 8 heteroatoms. The number of para-hydroxylation sites is 1. The molecule has 36 heavy (non-hydrogen) atoms. The minimum Gasteiger partial charge on any atom is -0.478 e. The highest BCUT2D eigenvalue weighted by atomic mass is 16.4. The maximum atomic E-state index is 13.5. The predicted molar refractivity (Wildman–Crippen MR) is 140 cm³/mol. The van der Waals surface area contributed by atoms with Gasteiger partial charge in [0.25, 0.3) is 5.56 Å². The Balaban J connectivity index is 1.55. The van der Waals surface area contributed by atoms with E-state index >= 15 is 0 Å². The summed E-state index contributed by atoms with van der Waals surface area (Å²) >= 11 is 0. The summed E-state index contributed by atoms with van der Waals surface area (Å²) in [4.78, 5) is 36.5. The lowest BCUT2D eigenvalue weighted by Gasteiger charge is -2.23. The molecule has 2 atom stereocenters. The average Bonchev–Trinajstić information content (AvgIpc) is 3.37. The van der Waals surface area contributed by atoms with E-state index in [-0.39, 0.29) is 17.2 Å². The van der Waals surface area contributed by atoms with Crippen LogP contribution in [-0.4, -0.2) is 38.5 Å². The van der Waals surface area contributed by atoms with Crippen molar-refractivity contribution in [3.8, 4) is 0 Å². The molecular weight excluding hydrogens is 454 g/mol. The summed E-state index contributed by atoms with van der Waals surface area (Å²) in [5, 5.41) is 12.9. The highest BCUT2D eigenvalue weighted by Gasteiger charge is 2.28. The number of aryl methyl sites for hydroxylation is 1. The highest BCUT2D eigenvalue weighted by molar-refractivity contribution is 5.94. The summed E-state index contributed by atoms with van der Waals surface area (Å²) in [6.45, 7) is 7.33. The van der Waals surface area contributed by atoms with E-state index in [4.69, 9.17) is 4.98 Å². The standard InChI is InChI=1S/C28H29N5O3/c1-17-14-23(19(3)30-24-7-5-4-6-22(24)28(35)36)26-31-25(18(2)27(34)33(26)15-17)32-13-10-21(16-32)20-8-11-29-12-9-20/h4-9,11-12,14-15,19,21,30H,10,13,16H2,1-3H3,(H,35,36)/t19-,21?/m1/s1. The molecule has 8 nitrogen and oxygen atoms in total. The second kappa shape index (κ2) is 9.45. The third-order valence-corrected chi connectivity index (χ3v) is 6.95.